The van der Waals surface area contributed by atoms with E-state index in [1.807, 2.05) is 18.2 Å². The van der Waals surface area contributed by atoms with Crippen molar-refractivity contribution in [1.82, 2.24) is 9.97 Å². The fraction of sp³-hybridized carbons (Fsp3) is 0.103. The van der Waals surface area contributed by atoms with Crippen LogP contribution in [0.1, 0.15) is 30.7 Å². The molecule has 0 saturated heterocycles. The van der Waals surface area contributed by atoms with Gasteiger partial charge in [0.25, 0.3) is 0 Å². The molecular formula is C29H19N5Se. The number of fused-ring (bicyclic) bond motifs is 3. The van der Waals surface area contributed by atoms with Crippen molar-refractivity contribution in [2.75, 3.05) is 4.90 Å². The molecule has 0 spiro atoms. The van der Waals surface area contributed by atoms with Crippen LogP contribution in [-0.4, -0.2) is 24.5 Å². The van der Waals surface area contributed by atoms with Gasteiger partial charge >= 0.3 is 210 Å². The van der Waals surface area contributed by atoms with Gasteiger partial charge in [-0.25, -0.2) is 0 Å². The van der Waals surface area contributed by atoms with Gasteiger partial charge in [-0.05, 0) is 0 Å². The Morgan fingerprint density at radius 2 is 1.63 bits per heavy atom. The van der Waals surface area contributed by atoms with Gasteiger partial charge in [0.05, 0.1) is 0 Å². The van der Waals surface area contributed by atoms with Crippen LogP contribution in [0.4, 0.5) is 22.9 Å². The molecule has 0 amide bonds. The molecule has 0 unspecified atom stereocenters. The van der Waals surface area contributed by atoms with Crippen molar-refractivity contribution in [2.24, 2.45) is 0 Å². The Balaban J connectivity index is 1.65. The van der Waals surface area contributed by atoms with Gasteiger partial charge in [-0.2, -0.15) is 0 Å². The van der Waals surface area contributed by atoms with Crippen LogP contribution in [0.15, 0.2) is 77.9 Å². The third-order valence-corrected chi connectivity index (χ3v) is 8.66. The molecule has 3 aromatic carbocycles. The maximum atomic E-state index is 9.30. The SMILES string of the molecule is [C-]#[N+]c1nc(-c2cccc3[se]cc(N4c5ccccc5C(C)(C)c5ccccc54)c23)cnc1C#N. The van der Waals surface area contributed by atoms with Gasteiger partial charge in [-0.3, -0.25) is 0 Å². The predicted octanol–water partition coefficient (Wildman–Crippen LogP) is 6.89. The van der Waals surface area contributed by atoms with E-state index < -0.39 is 0 Å². The van der Waals surface area contributed by atoms with E-state index in [2.05, 4.69) is 93.1 Å². The summed E-state index contributed by atoms with van der Waals surface area (Å²) in [6.07, 6.45) is 1.60. The van der Waals surface area contributed by atoms with Gasteiger partial charge in [0.2, 0.25) is 0 Å². The predicted molar refractivity (Wildman–Crippen MR) is 140 cm³/mol. The molecule has 0 atom stereocenters. The fourth-order valence-electron chi connectivity index (χ4n) is 5.04. The molecule has 166 valence electrons. The van der Waals surface area contributed by atoms with E-state index >= 15 is 0 Å². The maximum absolute atomic E-state index is 9.30. The zero-order chi connectivity index (χ0) is 24.2. The third kappa shape index (κ3) is 3.12. The van der Waals surface area contributed by atoms with Crippen LogP contribution in [0.25, 0.3) is 25.7 Å². The van der Waals surface area contributed by atoms with E-state index in [9.17, 15) is 5.26 Å². The molecule has 0 aliphatic carbocycles. The van der Waals surface area contributed by atoms with Crippen molar-refractivity contribution in [3.05, 3.63) is 106 Å². The van der Waals surface area contributed by atoms with E-state index in [0.29, 0.717) is 5.69 Å². The number of para-hydroxylation sites is 2. The number of anilines is 3. The molecule has 6 rings (SSSR count). The molecular weight excluding hydrogens is 497 g/mol. The average molecular weight is 516 g/mol. The Labute approximate surface area is 209 Å². The fourth-order valence-corrected chi connectivity index (χ4v) is 7.04. The van der Waals surface area contributed by atoms with Crippen molar-refractivity contribution in [1.29, 1.82) is 5.26 Å². The molecule has 0 bridgehead atoms. The van der Waals surface area contributed by atoms with E-state index in [4.69, 9.17) is 6.57 Å². The van der Waals surface area contributed by atoms with Crippen LogP contribution < -0.4 is 4.90 Å². The van der Waals surface area contributed by atoms with Crippen LogP contribution in [0.2, 0.25) is 0 Å². The number of aromatic nitrogens is 2. The number of rotatable bonds is 2. The minimum atomic E-state index is -0.126. The topological polar surface area (TPSA) is 57.2 Å². The Morgan fingerprint density at radius 3 is 2.29 bits per heavy atom. The molecule has 5 nitrogen and oxygen atoms in total. The minimum absolute atomic E-state index is 0.0343. The van der Waals surface area contributed by atoms with E-state index in [0.717, 1.165) is 16.6 Å². The number of nitrogens with zero attached hydrogens (tertiary/aromatic N) is 5. The van der Waals surface area contributed by atoms with Crippen molar-refractivity contribution < 1.29 is 0 Å². The first-order chi connectivity index (χ1) is 17.0. The molecule has 2 aromatic heterocycles. The quantitative estimate of drug-likeness (QED) is 0.190. The van der Waals surface area contributed by atoms with Crippen molar-refractivity contribution in [3.63, 3.8) is 0 Å². The van der Waals surface area contributed by atoms with Crippen molar-refractivity contribution >= 4 is 47.0 Å². The van der Waals surface area contributed by atoms with Gasteiger partial charge in [0, 0.05) is 0 Å². The number of hydrogen-bond acceptors (Lipinski definition) is 4. The summed E-state index contributed by atoms with van der Waals surface area (Å²) in [5.41, 5.74) is 7.50. The van der Waals surface area contributed by atoms with Gasteiger partial charge < -0.3 is 0 Å². The van der Waals surface area contributed by atoms with Gasteiger partial charge in [-0.15, -0.1) is 0 Å². The summed E-state index contributed by atoms with van der Waals surface area (Å²) in [4.78, 5) is 16.9. The van der Waals surface area contributed by atoms with E-state index in [1.165, 1.54) is 26.8 Å². The van der Waals surface area contributed by atoms with Crippen LogP contribution in [0.3, 0.4) is 0 Å². The monoisotopic (exact) mass is 517 g/mol. The second kappa shape index (κ2) is 7.93. The van der Waals surface area contributed by atoms with Crippen LogP contribution >= 0.6 is 0 Å². The van der Waals surface area contributed by atoms with Gasteiger partial charge in [0.15, 0.2) is 0 Å². The summed E-state index contributed by atoms with van der Waals surface area (Å²) in [5, 5.41) is 10.4. The summed E-state index contributed by atoms with van der Waals surface area (Å²) < 4.78 is 1.26. The van der Waals surface area contributed by atoms with Gasteiger partial charge in [-0.1, -0.05) is 0 Å². The number of benzene rings is 3. The standard InChI is InChI=1S/C29H19N5Se/c1-29(2)19-10-4-6-12-23(19)34(24-13-7-5-11-20(24)29)25-17-35-26-14-8-9-18(27(25)26)22-16-32-21(15-30)28(31-3)33-22/h4-14,16-17H,1-2H3. The second-order valence-corrected chi connectivity index (χ2v) is 10.9. The zero-order valence-corrected chi connectivity index (χ0v) is 20.9. The number of hydrogen-bond donors (Lipinski definition) is 0. The van der Waals surface area contributed by atoms with Crippen molar-refractivity contribution in [2.45, 2.75) is 19.3 Å². The first kappa shape index (κ1) is 21.3. The zero-order valence-electron chi connectivity index (χ0n) is 19.1. The summed E-state index contributed by atoms with van der Waals surface area (Å²) in [6, 6.07) is 25.4. The first-order valence-corrected chi connectivity index (χ1v) is 13.0. The van der Waals surface area contributed by atoms with Gasteiger partial charge in [0.1, 0.15) is 0 Å². The molecule has 0 N–H and O–H groups in total. The molecule has 1 aliphatic rings. The molecule has 6 heteroatoms. The van der Waals surface area contributed by atoms with Crippen molar-refractivity contribution in [3.8, 4) is 17.3 Å². The first-order valence-electron chi connectivity index (χ1n) is 11.2. The van der Waals surface area contributed by atoms with Crippen LogP contribution in [-0.2, 0) is 5.41 Å². The molecule has 1 aliphatic heterocycles. The molecule has 5 aromatic rings. The summed E-state index contributed by atoms with van der Waals surface area (Å²) in [6.45, 7) is 12.0. The third-order valence-electron chi connectivity index (χ3n) is 6.70. The summed E-state index contributed by atoms with van der Waals surface area (Å²) in [7, 11) is 0. The average Bonchev–Trinajstić information content (AvgIpc) is 3.32. The molecule has 0 radical (unpaired) electrons. The van der Waals surface area contributed by atoms with Crippen LogP contribution in [0, 0.1) is 17.9 Å². The Bertz CT molecular complexity index is 1670. The second-order valence-electron chi connectivity index (χ2n) is 8.95. The Morgan fingerprint density at radius 1 is 0.943 bits per heavy atom. The number of nitriles is 1. The van der Waals surface area contributed by atoms with E-state index in [1.54, 1.807) is 6.20 Å². The Hall–Kier alpha value is -4.22. The molecule has 0 fully saturated rings. The van der Waals surface area contributed by atoms with Crippen LogP contribution in [0.5, 0.6) is 0 Å². The molecule has 0 saturated carbocycles. The normalized spacial score (nSPS) is 13.5. The van der Waals surface area contributed by atoms with E-state index in [-0.39, 0.29) is 31.4 Å². The molecule has 3 heterocycles. The summed E-state index contributed by atoms with van der Waals surface area (Å²) >= 11 is 0.153. The summed E-state index contributed by atoms with van der Waals surface area (Å²) in [5.74, 6) is 0.0343. The Kier molecular flexibility index (Phi) is 4.83. The molecule has 35 heavy (non-hydrogen) atoms.